The van der Waals surface area contributed by atoms with Crippen LogP contribution in [0.3, 0.4) is 0 Å². The lowest BCUT2D eigenvalue weighted by atomic mass is 10.1. The quantitative estimate of drug-likeness (QED) is 0.724. The van der Waals surface area contributed by atoms with E-state index in [1.54, 1.807) is 18.4 Å². The third-order valence-corrected chi connectivity index (χ3v) is 4.48. The zero-order chi connectivity index (χ0) is 12.3. The van der Waals surface area contributed by atoms with Gasteiger partial charge in [-0.15, -0.1) is 22.9 Å². The van der Waals surface area contributed by atoms with E-state index in [-0.39, 0.29) is 5.38 Å². The Labute approximate surface area is 115 Å². The first-order valence-electron chi connectivity index (χ1n) is 5.20. The van der Waals surface area contributed by atoms with Crippen LogP contribution in [0.15, 0.2) is 35.7 Å². The van der Waals surface area contributed by atoms with Crippen molar-refractivity contribution in [2.75, 3.05) is 7.11 Å². The Morgan fingerprint density at radius 3 is 2.47 bits per heavy atom. The van der Waals surface area contributed by atoms with Gasteiger partial charge in [-0.1, -0.05) is 23.7 Å². The van der Waals surface area contributed by atoms with Gasteiger partial charge in [0.1, 0.15) is 5.75 Å². The molecule has 2 rings (SSSR count). The van der Waals surface area contributed by atoms with E-state index in [1.807, 2.05) is 35.7 Å². The molecule has 0 spiro atoms. The van der Waals surface area contributed by atoms with Crippen LogP contribution < -0.4 is 4.74 Å². The molecule has 1 atom stereocenters. The molecular weight excluding hydrogens is 275 g/mol. The van der Waals surface area contributed by atoms with Gasteiger partial charge in [0.2, 0.25) is 0 Å². The summed E-state index contributed by atoms with van der Waals surface area (Å²) in [6.07, 6.45) is 0.770. The molecule has 0 saturated heterocycles. The van der Waals surface area contributed by atoms with Crippen LogP contribution in [0.25, 0.3) is 0 Å². The van der Waals surface area contributed by atoms with Crippen LogP contribution in [-0.4, -0.2) is 7.11 Å². The first-order valence-corrected chi connectivity index (χ1v) is 6.90. The van der Waals surface area contributed by atoms with Gasteiger partial charge in [0, 0.05) is 4.88 Å². The number of benzene rings is 1. The Hall–Kier alpha value is -0.700. The Morgan fingerprint density at radius 1 is 1.24 bits per heavy atom. The van der Waals surface area contributed by atoms with Gasteiger partial charge in [-0.3, -0.25) is 0 Å². The Balaban J connectivity index is 2.07. The number of ether oxygens (including phenoxy) is 1. The van der Waals surface area contributed by atoms with E-state index in [0.717, 1.165) is 22.1 Å². The number of hydrogen-bond acceptors (Lipinski definition) is 2. The first-order chi connectivity index (χ1) is 8.20. The lowest BCUT2D eigenvalue weighted by molar-refractivity contribution is 0.414. The minimum atomic E-state index is -0.0732. The van der Waals surface area contributed by atoms with Crippen molar-refractivity contribution >= 4 is 34.5 Å². The molecule has 0 bridgehead atoms. The zero-order valence-electron chi connectivity index (χ0n) is 9.32. The second-order valence-corrected chi connectivity index (χ2v) is 5.53. The Kier molecular flexibility index (Phi) is 4.32. The molecule has 0 N–H and O–H groups in total. The fourth-order valence-electron chi connectivity index (χ4n) is 1.59. The van der Waals surface area contributed by atoms with Gasteiger partial charge in [0.05, 0.1) is 17.5 Å². The summed E-state index contributed by atoms with van der Waals surface area (Å²) in [4.78, 5) is 1.03. The van der Waals surface area contributed by atoms with Gasteiger partial charge < -0.3 is 4.74 Å². The second kappa shape index (κ2) is 5.76. The van der Waals surface area contributed by atoms with Crippen molar-refractivity contribution in [2.24, 2.45) is 0 Å². The van der Waals surface area contributed by atoms with Crippen molar-refractivity contribution in [3.63, 3.8) is 0 Å². The van der Waals surface area contributed by atoms with Gasteiger partial charge in [-0.2, -0.15) is 0 Å². The summed E-state index contributed by atoms with van der Waals surface area (Å²) in [6, 6.07) is 9.81. The summed E-state index contributed by atoms with van der Waals surface area (Å²) in [5.74, 6) is 0.856. The molecular formula is C13H12Cl2OS. The number of hydrogen-bond donors (Lipinski definition) is 0. The molecule has 0 aliphatic rings. The Bertz CT molecular complexity index is 478. The average Bonchev–Trinajstić information content (AvgIpc) is 2.76. The molecule has 1 heterocycles. The fourth-order valence-corrected chi connectivity index (χ4v) is 3.26. The molecule has 1 aromatic heterocycles. The summed E-state index contributed by atoms with van der Waals surface area (Å²) in [5, 5.41) is 2.64. The van der Waals surface area contributed by atoms with Gasteiger partial charge in [-0.25, -0.2) is 0 Å². The molecule has 2 aromatic rings. The van der Waals surface area contributed by atoms with E-state index in [0.29, 0.717) is 0 Å². The van der Waals surface area contributed by atoms with Crippen molar-refractivity contribution in [3.8, 4) is 5.75 Å². The third kappa shape index (κ3) is 3.15. The van der Waals surface area contributed by atoms with Crippen LogP contribution in [0.4, 0.5) is 0 Å². The van der Waals surface area contributed by atoms with E-state index >= 15 is 0 Å². The zero-order valence-corrected chi connectivity index (χ0v) is 11.6. The second-order valence-electron chi connectivity index (χ2n) is 3.65. The number of rotatable bonds is 4. The monoisotopic (exact) mass is 286 g/mol. The maximum atomic E-state index is 6.36. The predicted molar refractivity (Wildman–Crippen MR) is 74.6 cm³/mol. The van der Waals surface area contributed by atoms with Gasteiger partial charge in [0.25, 0.3) is 0 Å². The minimum absolute atomic E-state index is 0.0732. The molecule has 0 aliphatic carbocycles. The van der Waals surface area contributed by atoms with Crippen molar-refractivity contribution in [1.82, 2.24) is 0 Å². The van der Waals surface area contributed by atoms with Crippen molar-refractivity contribution in [3.05, 3.63) is 51.2 Å². The van der Waals surface area contributed by atoms with E-state index in [9.17, 15) is 0 Å². The molecule has 0 amide bonds. The molecule has 17 heavy (non-hydrogen) atoms. The molecule has 0 fully saturated rings. The highest BCUT2D eigenvalue weighted by Gasteiger charge is 2.13. The number of thiophene rings is 1. The highest BCUT2D eigenvalue weighted by molar-refractivity contribution is 7.11. The van der Waals surface area contributed by atoms with Crippen LogP contribution in [0.1, 0.15) is 15.8 Å². The summed E-state index contributed by atoms with van der Waals surface area (Å²) in [7, 11) is 1.66. The molecule has 1 aromatic carbocycles. The lowest BCUT2D eigenvalue weighted by Gasteiger charge is -2.09. The molecule has 4 heteroatoms. The third-order valence-electron chi connectivity index (χ3n) is 2.50. The highest BCUT2D eigenvalue weighted by Crippen LogP contribution is 2.35. The maximum absolute atomic E-state index is 6.36. The highest BCUT2D eigenvalue weighted by atomic mass is 35.5. The van der Waals surface area contributed by atoms with Crippen molar-refractivity contribution in [1.29, 1.82) is 0 Å². The number of alkyl halides is 1. The molecule has 0 radical (unpaired) electrons. The van der Waals surface area contributed by atoms with E-state index < -0.39 is 0 Å². The minimum Gasteiger partial charge on any atom is -0.497 e. The Morgan fingerprint density at radius 2 is 1.94 bits per heavy atom. The largest absolute Gasteiger partial charge is 0.497 e. The number of methoxy groups -OCH3 is 1. The lowest BCUT2D eigenvalue weighted by Crippen LogP contribution is -1.94. The van der Waals surface area contributed by atoms with E-state index in [4.69, 9.17) is 27.9 Å². The fraction of sp³-hybridized carbons (Fsp3) is 0.231. The summed E-state index contributed by atoms with van der Waals surface area (Å²) in [5.41, 5.74) is 1.18. The summed E-state index contributed by atoms with van der Waals surface area (Å²) in [6.45, 7) is 0. The summed E-state index contributed by atoms with van der Waals surface area (Å²) < 4.78 is 5.11. The van der Waals surface area contributed by atoms with Crippen LogP contribution >= 0.6 is 34.5 Å². The van der Waals surface area contributed by atoms with Crippen LogP contribution in [0.5, 0.6) is 5.75 Å². The number of halogens is 2. The standard InChI is InChI=1S/C13H12Cl2OS/c1-16-10-4-2-9(3-5-10)8-12(15)13-11(14)6-7-17-13/h2-7,12H,8H2,1H3. The van der Waals surface area contributed by atoms with E-state index in [2.05, 4.69) is 0 Å². The molecule has 0 aliphatic heterocycles. The van der Waals surface area contributed by atoms with Crippen molar-refractivity contribution in [2.45, 2.75) is 11.8 Å². The first kappa shape index (κ1) is 12.7. The SMILES string of the molecule is COc1ccc(CC(Cl)c2sccc2Cl)cc1. The van der Waals surface area contributed by atoms with Crippen LogP contribution in [-0.2, 0) is 6.42 Å². The normalized spacial score (nSPS) is 12.4. The van der Waals surface area contributed by atoms with Crippen LogP contribution in [0, 0.1) is 0 Å². The molecule has 90 valence electrons. The van der Waals surface area contributed by atoms with Gasteiger partial charge in [-0.05, 0) is 35.6 Å². The topological polar surface area (TPSA) is 9.23 Å². The van der Waals surface area contributed by atoms with Crippen molar-refractivity contribution < 1.29 is 4.74 Å². The van der Waals surface area contributed by atoms with Gasteiger partial charge in [0.15, 0.2) is 0 Å². The maximum Gasteiger partial charge on any atom is 0.118 e. The van der Waals surface area contributed by atoms with Crippen LogP contribution in [0.2, 0.25) is 5.02 Å². The average molecular weight is 287 g/mol. The summed E-state index contributed by atoms with van der Waals surface area (Å²) >= 11 is 14.0. The molecule has 1 unspecified atom stereocenters. The smallest absolute Gasteiger partial charge is 0.118 e. The molecule has 1 nitrogen and oxygen atoms in total. The molecule has 0 saturated carbocycles. The van der Waals surface area contributed by atoms with Gasteiger partial charge >= 0.3 is 0 Å². The van der Waals surface area contributed by atoms with E-state index in [1.165, 1.54) is 5.56 Å². The predicted octanol–water partition coefficient (Wildman–Crippen LogP) is 4.93.